The van der Waals surface area contributed by atoms with Crippen LogP contribution in [0, 0.1) is 17.0 Å². The molecule has 2 heterocycles. The van der Waals surface area contributed by atoms with E-state index in [2.05, 4.69) is 27.9 Å². The molecule has 25 heavy (non-hydrogen) atoms. The smallest absolute Gasteiger partial charge is 0.271 e. The first-order chi connectivity index (χ1) is 11.9. The number of nitrogens with zero attached hydrogens (tertiary/aromatic N) is 5. The third kappa shape index (κ3) is 3.99. The van der Waals surface area contributed by atoms with Crippen LogP contribution in [0.15, 0.2) is 30.3 Å². The zero-order valence-electron chi connectivity index (χ0n) is 15.1. The van der Waals surface area contributed by atoms with E-state index in [1.165, 1.54) is 11.8 Å². The average molecular weight is 343 g/mol. The van der Waals surface area contributed by atoms with Gasteiger partial charge in [0, 0.05) is 69.2 Å². The second-order valence-corrected chi connectivity index (χ2v) is 6.75. The maximum Gasteiger partial charge on any atom is 0.271 e. The van der Waals surface area contributed by atoms with Gasteiger partial charge in [-0.2, -0.15) is 5.10 Å². The van der Waals surface area contributed by atoms with Crippen LogP contribution in [0.25, 0.3) is 0 Å². The van der Waals surface area contributed by atoms with Crippen molar-refractivity contribution in [2.24, 2.45) is 7.05 Å². The fourth-order valence-corrected chi connectivity index (χ4v) is 3.51. The summed E-state index contributed by atoms with van der Waals surface area (Å²) in [5.74, 6) is 0. The van der Waals surface area contributed by atoms with Gasteiger partial charge in [0.2, 0.25) is 0 Å². The van der Waals surface area contributed by atoms with Gasteiger partial charge in [0.15, 0.2) is 0 Å². The molecule has 134 valence electrons. The minimum atomic E-state index is -0.336. The van der Waals surface area contributed by atoms with Crippen LogP contribution in [-0.4, -0.2) is 51.8 Å². The van der Waals surface area contributed by atoms with Gasteiger partial charge in [0.1, 0.15) is 0 Å². The van der Waals surface area contributed by atoms with Crippen LogP contribution in [-0.2, 0) is 13.5 Å². The second-order valence-electron chi connectivity index (χ2n) is 6.75. The molecule has 2 aromatic rings. The van der Waals surface area contributed by atoms with Crippen molar-refractivity contribution in [2.45, 2.75) is 26.3 Å². The summed E-state index contributed by atoms with van der Waals surface area (Å²) in [6.07, 6.45) is 0.980. The number of benzene rings is 1. The van der Waals surface area contributed by atoms with Gasteiger partial charge in [0.05, 0.1) is 10.6 Å². The summed E-state index contributed by atoms with van der Waals surface area (Å²) in [7, 11) is 2.00. The lowest BCUT2D eigenvalue weighted by Gasteiger charge is -2.39. The lowest BCUT2D eigenvalue weighted by Crippen LogP contribution is -2.50. The number of nitro benzene ring substituents is 1. The number of aryl methyl sites for hydroxylation is 2. The first-order valence-electron chi connectivity index (χ1n) is 8.67. The van der Waals surface area contributed by atoms with Crippen LogP contribution < -0.4 is 4.90 Å². The Balaban J connectivity index is 1.59. The van der Waals surface area contributed by atoms with E-state index in [0.29, 0.717) is 6.04 Å². The van der Waals surface area contributed by atoms with E-state index in [1.54, 1.807) is 12.1 Å². The molecule has 0 radical (unpaired) electrons. The normalized spacial score (nSPS) is 16.8. The van der Waals surface area contributed by atoms with Crippen molar-refractivity contribution < 1.29 is 4.92 Å². The molecule has 0 aliphatic carbocycles. The third-order valence-electron chi connectivity index (χ3n) is 4.95. The quantitative estimate of drug-likeness (QED) is 0.616. The molecule has 0 amide bonds. The summed E-state index contributed by atoms with van der Waals surface area (Å²) in [5, 5.41) is 15.4. The molecule has 0 spiro atoms. The van der Waals surface area contributed by atoms with E-state index < -0.39 is 0 Å². The Morgan fingerprint density at radius 2 is 1.96 bits per heavy atom. The standard InChI is InChI=1S/C18H25N5O2/c1-14-11-18(20(3)19-14)12-15(2)21-7-9-22(10-8-21)16-5-4-6-17(13-16)23(24)25/h4-6,11,13,15H,7-10,12H2,1-3H3. The van der Waals surface area contributed by atoms with Crippen LogP contribution in [0.3, 0.4) is 0 Å². The van der Waals surface area contributed by atoms with Gasteiger partial charge >= 0.3 is 0 Å². The summed E-state index contributed by atoms with van der Waals surface area (Å²) in [4.78, 5) is 15.3. The summed E-state index contributed by atoms with van der Waals surface area (Å²) in [6.45, 7) is 7.96. The summed E-state index contributed by atoms with van der Waals surface area (Å²) < 4.78 is 1.96. The van der Waals surface area contributed by atoms with E-state index in [4.69, 9.17) is 0 Å². The van der Waals surface area contributed by atoms with E-state index in [1.807, 2.05) is 24.7 Å². The van der Waals surface area contributed by atoms with Gasteiger partial charge in [-0.05, 0) is 26.0 Å². The SMILES string of the molecule is Cc1cc(CC(C)N2CCN(c3cccc([N+](=O)[O-])c3)CC2)n(C)n1. The zero-order chi connectivity index (χ0) is 18.0. The maximum absolute atomic E-state index is 11.0. The number of aromatic nitrogens is 2. The molecule has 1 aliphatic rings. The van der Waals surface area contributed by atoms with E-state index >= 15 is 0 Å². The van der Waals surface area contributed by atoms with Crippen molar-refractivity contribution in [2.75, 3.05) is 31.1 Å². The second kappa shape index (κ2) is 7.23. The molecular weight excluding hydrogens is 318 g/mol. The highest BCUT2D eigenvalue weighted by Crippen LogP contribution is 2.23. The zero-order valence-corrected chi connectivity index (χ0v) is 15.1. The molecule has 0 bridgehead atoms. The molecule has 7 nitrogen and oxygen atoms in total. The van der Waals surface area contributed by atoms with Crippen LogP contribution in [0.1, 0.15) is 18.3 Å². The molecule has 0 N–H and O–H groups in total. The highest BCUT2D eigenvalue weighted by molar-refractivity contribution is 5.53. The van der Waals surface area contributed by atoms with Gasteiger partial charge < -0.3 is 4.90 Å². The molecular formula is C18H25N5O2. The Hall–Kier alpha value is -2.41. The number of rotatable bonds is 5. The summed E-state index contributed by atoms with van der Waals surface area (Å²) >= 11 is 0. The van der Waals surface area contributed by atoms with Gasteiger partial charge in [-0.15, -0.1) is 0 Å². The van der Waals surface area contributed by atoms with E-state index in [0.717, 1.165) is 44.0 Å². The summed E-state index contributed by atoms with van der Waals surface area (Å²) in [5.41, 5.74) is 3.40. The lowest BCUT2D eigenvalue weighted by molar-refractivity contribution is -0.384. The number of anilines is 1. The topological polar surface area (TPSA) is 67.4 Å². The molecule has 1 aromatic carbocycles. The van der Waals surface area contributed by atoms with Gasteiger partial charge in [-0.1, -0.05) is 6.07 Å². The lowest BCUT2D eigenvalue weighted by atomic mass is 10.1. The van der Waals surface area contributed by atoms with Gasteiger partial charge in [0.25, 0.3) is 5.69 Å². The summed E-state index contributed by atoms with van der Waals surface area (Å²) in [6, 6.07) is 9.50. The number of piperazine rings is 1. The number of hydrogen-bond donors (Lipinski definition) is 0. The van der Waals surface area contributed by atoms with Crippen LogP contribution >= 0.6 is 0 Å². The fraction of sp³-hybridized carbons (Fsp3) is 0.500. The maximum atomic E-state index is 11.0. The molecule has 1 saturated heterocycles. The minimum Gasteiger partial charge on any atom is -0.369 e. The molecule has 1 aromatic heterocycles. The molecule has 1 atom stereocenters. The van der Waals surface area contributed by atoms with Crippen molar-refractivity contribution in [1.82, 2.24) is 14.7 Å². The van der Waals surface area contributed by atoms with Crippen LogP contribution in [0.5, 0.6) is 0 Å². The van der Waals surface area contributed by atoms with Crippen molar-refractivity contribution in [3.8, 4) is 0 Å². The third-order valence-corrected chi connectivity index (χ3v) is 4.95. The first kappa shape index (κ1) is 17.4. The van der Waals surface area contributed by atoms with Crippen molar-refractivity contribution >= 4 is 11.4 Å². The number of nitro groups is 1. The molecule has 7 heteroatoms. The van der Waals surface area contributed by atoms with Gasteiger partial charge in [-0.25, -0.2) is 0 Å². The Bertz CT molecular complexity index is 750. The highest BCUT2D eigenvalue weighted by atomic mass is 16.6. The molecule has 1 aliphatic heterocycles. The predicted octanol–water partition coefficient (Wildman–Crippen LogP) is 2.39. The van der Waals surface area contributed by atoms with Crippen molar-refractivity contribution in [3.05, 3.63) is 51.8 Å². The van der Waals surface area contributed by atoms with Crippen LogP contribution in [0.4, 0.5) is 11.4 Å². The Morgan fingerprint density at radius 1 is 1.24 bits per heavy atom. The average Bonchev–Trinajstić information content (AvgIpc) is 2.92. The number of non-ortho nitro benzene ring substituents is 1. The van der Waals surface area contributed by atoms with E-state index in [-0.39, 0.29) is 10.6 Å². The first-order valence-corrected chi connectivity index (χ1v) is 8.67. The fourth-order valence-electron chi connectivity index (χ4n) is 3.51. The van der Waals surface area contributed by atoms with Crippen molar-refractivity contribution in [1.29, 1.82) is 0 Å². The van der Waals surface area contributed by atoms with Crippen molar-refractivity contribution in [3.63, 3.8) is 0 Å². The van der Waals surface area contributed by atoms with Gasteiger partial charge in [-0.3, -0.25) is 19.7 Å². The molecule has 1 fully saturated rings. The largest absolute Gasteiger partial charge is 0.369 e. The van der Waals surface area contributed by atoms with E-state index in [9.17, 15) is 10.1 Å². The monoisotopic (exact) mass is 343 g/mol. The number of hydrogen-bond acceptors (Lipinski definition) is 5. The molecule has 0 saturated carbocycles. The minimum absolute atomic E-state index is 0.153. The predicted molar refractivity (Wildman–Crippen MR) is 98.0 cm³/mol. The van der Waals surface area contributed by atoms with Crippen LogP contribution in [0.2, 0.25) is 0 Å². The highest BCUT2D eigenvalue weighted by Gasteiger charge is 2.23. The Morgan fingerprint density at radius 3 is 2.56 bits per heavy atom. The Kier molecular flexibility index (Phi) is 5.03. The Labute approximate surface area is 148 Å². The molecule has 3 rings (SSSR count). The molecule has 1 unspecified atom stereocenters.